The molecule has 0 amide bonds. The van der Waals surface area contributed by atoms with Gasteiger partial charge >= 0.3 is 5.97 Å². The van der Waals surface area contributed by atoms with Crippen molar-refractivity contribution in [2.75, 3.05) is 6.61 Å². The number of aliphatic carboxylic acids is 1. The molecule has 0 aromatic heterocycles. The van der Waals surface area contributed by atoms with Gasteiger partial charge in [-0.15, -0.1) is 0 Å². The summed E-state index contributed by atoms with van der Waals surface area (Å²) in [5.74, 6) is -1.07. The van der Waals surface area contributed by atoms with E-state index < -0.39 is 12.0 Å². The molecule has 4 N–H and O–H groups in total. The predicted octanol–water partition coefficient (Wildman–Crippen LogP) is -1.60. The van der Waals surface area contributed by atoms with Crippen molar-refractivity contribution >= 4 is 29.9 Å². The Morgan fingerprint density at radius 2 is 2.11 bits per heavy atom. The number of carbonyl (C=O) groups is 1. The van der Waals surface area contributed by atoms with Gasteiger partial charge in [-0.05, 0) is 6.42 Å². The summed E-state index contributed by atoms with van der Waals surface area (Å²) in [6, 6.07) is -0.917. The van der Waals surface area contributed by atoms with Crippen molar-refractivity contribution in [2.24, 2.45) is 5.73 Å². The van der Waals surface area contributed by atoms with Gasteiger partial charge in [-0.25, -0.2) is 0 Å². The molecule has 52 valence electrons. The molecule has 0 rings (SSSR count). The zero-order chi connectivity index (χ0) is 6.57. The van der Waals surface area contributed by atoms with Crippen LogP contribution in [0.2, 0.25) is 0 Å². The van der Waals surface area contributed by atoms with Gasteiger partial charge in [0.15, 0.2) is 0 Å². The summed E-state index contributed by atoms with van der Waals surface area (Å²) >= 11 is 0. The molecule has 0 aliphatic rings. The third-order valence-corrected chi connectivity index (χ3v) is 0.757. The van der Waals surface area contributed by atoms with Crippen molar-refractivity contribution in [3.05, 3.63) is 0 Å². The molecule has 0 aromatic carbocycles. The fourth-order valence-electron chi connectivity index (χ4n) is 0.263. The number of hydrogen-bond acceptors (Lipinski definition) is 3. The molecule has 0 aliphatic carbocycles. The van der Waals surface area contributed by atoms with Gasteiger partial charge in [-0.1, -0.05) is 0 Å². The van der Waals surface area contributed by atoms with Crippen LogP contribution in [0, 0.1) is 0 Å². The first-order valence-corrected chi connectivity index (χ1v) is 2.27. The van der Waals surface area contributed by atoms with Crippen LogP contribution in [-0.4, -0.2) is 52.7 Å². The Bertz CT molecular complexity index is 87.9. The normalized spacial score (nSPS) is 11.8. The van der Waals surface area contributed by atoms with Gasteiger partial charge < -0.3 is 15.9 Å². The summed E-state index contributed by atoms with van der Waals surface area (Å²) in [6.07, 6.45) is 0.120. The molecule has 4 radical (unpaired) electrons. The maximum absolute atomic E-state index is 9.85. The summed E-state index contributed by atoms with van der Waals surface area (Å²) in [5.41, 5.74) is 4.97. The Hall–Kier alpha value is 0.189. The van der Waals surface area contributed by atoms with Crippen molar-refractivity contribution in [3.63, 3.8) is 0 Å². The van der Waals surface area contributed by atoms with E-state index in [9.17, 15) is 4.79 Å². The number of aliphatic hydroxyl groups is 1. The number of nitrogens with two attached hydrogens (primary N) is 1. The van der Waals surface area contributed by atoms with Crippen LogP contribution in [0.5, 0.6) is 0 Å². The largest absolute Gasteiger partial charge is 0.480 e. The van der Waals surface area contributed by atoms with E-state index in [1.165, 1.54) is 0 Å². The second kappa shape index (κ2) is 6.31. The predicted molar refractivity (Wildman–Crippen MR) is 33.1 cm³/mol. The van der Waals surface area contributed by atoms with E-state index in [1.54, 1.807) is 0 Å². The van der Waals surface area contributed by atoms with Crippen LogP contribution in [0.3, 0.4) is 0 Å². The molecule has 1 atom stereocenters. The average molecular weight is 238 g/mol. The van der Waals surface area contributed by atoms with Gasteiger partial charge in [0, 0.05) is 30.5 Å². The molecule has 5 heteroatoms. The van der Waals surface area contributed by atoms with Gasteiger partial charge in [-0.2, -0.15) is 0 Å². The van der Waals surface area contributed by atoms with Gasteiger partial charge in [0.05, 0.1) is 0 Å². The molecule has 0 saturated carbocycles. The second-order valence-corrected chi connectivity index (χ2v) is 1.46. The summed E-state index contributed by atoms with van der Waals surface area (Å²) in [6.45, 7) is -0.173. The smallest absolute Gasteiger partial charge is 0.320 e. The molecule has 9 heavy (non-hydrogen) atoms. The third-order valence-electron chi connectivity index (χ3n) is 0.757. The molecule has 0 aliphatic heterocycles. The second-order valence-electron chi connectivity index (χ2n) is 1.46. The first-order valence-electron chi connectivity index (χ1n) is 2.27. The zero-order valence-electron chi connectivity index (χ0n) is 4.87. The third kappa shape index (κ3) is 6.07. The van der Waals surface area contributed by atoms with E-state index in [-0.39, 0.29) is 36.9 Å². The van der Waals surface area contributed by atoms with Crippen LogP contribution in [0.1, 0.15) is 6.42 Å². The molecular formula is C4H9NO3Sn. The molecule has 0 spiro atoms. The fraction of sp³-hybridized carbons (Fsp3) is 0.750. The van der Waals surface area contributed by atoms with Gasteiger partial charge in [0.25, 0.3) is 0 Å². The minimum absolute atomic E-state index is 0. The van der Waals surface area contributed by atoms with Crippen LogP contribution in [0.4, 0.5) is 0 Å². The summed E-state index contributed by atoms with van der Waals surface area (Å²) in [7, 11) is 0. The minimum atomic E-state index is -1.07. The fourth-order valence-corrected chi connectivity index (χ4v) is 0.263. The molecule has 0 unspecified atom stereocenters. The monoisotopic (exact) mass is 239 g/mol. The maximum Gasteiger partial charge on any atom is 0.320 e. The Labute approximate surface area is 70.0 Å². The molecule has 0 saturated heterocycles. The van der Waals surface area contributed by atoms with E-state index in [0.29, 0.717) is 0 Å². The average Bonchev–Trinajstić information content (AvgIpc) is 1.67. The molecule has 0 fully saturated rings. The van der Waals surface area contributed by atoms with Crippen molar-refractivity contribution in [1.82, 2.24) is 0 Å². The number of hydrogen-bond donors (Lipinski definition) is 3. The topological polar surface area (TPSA) is 83.5 Å². The van der Waals surface area contributed by atoms with Crippen LogP contribution in [-0.2, 0) is 4.79 Å². The molecule has 0 bridgehead atoms. The molecular weight excluding hydrogens is 229 g/mol. The first-order chi connectivity index (χ1) is 3.68. The Morgan fingerprint density at radius 3 is 2.22 bits per heavy atom. The van der Waals surface area contributed by atoms with E-state index in [0.717, 1.165) is 0 Å². The number of carboxylic acids is 1. The molecule has 0 heterocycles. The Kier molecular flexibility index (Phi) is 8.36. The van der Waals surface area contributed by atoms with Crippen LogP contribution >= 0.6 is 0 Å². The molecule has 4 nitrogen and oxygen atoms in total. The van der Waals surface area contributed by atoms with Crippen molar-refractivity contribution in [1.29, 1.82) is 0 Å². The Morgan fingerprint density at radius 1 is 1.67 bits per heavy atom. The van der Waals surface area contributed by atoms with Crippen molar-refractivity contribution < 1.29 is 15.0 Å². The standard InChI is InChI=1S/C4H9NO3.Sn/c5-3(1-2-6)4(7)8;/h3,6H,1-2,5H2,(H,7,8);/t3-;/m0./s1. The van der Waals surface area contributed by atoms with Crippen LogP contribution in [0.15, 0.2) is 0 Å². The van der Waals surface area contributed by atoms with Gasteiger partial charge in [0.2, 0.25) is 0 Å². The number of carboxylic acid groups (broad SMARTS) is 1. The quantitative estimate of drug-likeness (QED) is 0.517. The summed E-state index contributed by atoms with van der Waals surface area (Å²) in [5, 5.41) is 16.2. The van der Waals surface area contributed by atoms with E-state index in [1.807, 2.05) is 0 Å². The van der Waals surface area contributed by atoms with Crippen molar-refractivity contribution in [2.45, 2.75) is 12.5 Å². The SMILES string of the molecule is N[C@@H](CCO)C(=O)O.[Sn]. The van der Waals surface area contributed by atoms with E-state index >= 15 is 0 Å². The summed E-state index contributed by atoms with van der Waals surface area (Å²) in [4.78, 5) is 9.85. The van der Waals surface area contributed by atoms with Gasteiger partial charge in [-0.3, -0.25) is 4.79 Å². The molecule has 0 aromatic rings. The summed E-state index contributed by atoms with van der Waals surface area (Å²) < 4.78 is 0. The van der Waals surface area contributed by atoms with Crippen LogP contribution < -0.4 is 5.73 Å². The van der Waals surface area contributed by atoms with Crippen LogP contribution in [0.25, 0.3) is 0 Å². The van der Waals surface area contributed by atoms with Crippen molar-refractivity contribution in [3.8, 4) is 0 Å². The zero-order valence-corrected chi connectivity index (χ0v) is 7.73. The van der Waals surface area contributed by atoms with E-state index in [2.05, 4.69) is 0 Å². The maximum atomic E-state index is 9.85. The first kappa shape index (κ1) is 11.9. The number of rotatable bonds is 3. The number of aliphatic hydroxyl groups excluding tert-OH is 1. The minimum Gasteiger partial charge on any atom is -0.480 e. The Balaban J connectivity index is 0. The van der Waals surface area contributed by atoms with Gasteiger partial charge in [0.1, 0.15) is 6.04 Å². The van der Waals surface area contributed by atoms with E-state index in [4.69, 9.17) is 15.9 Å².